The molecule has 2 saturated heterocycles. The van der Waals surface area contributed by atoms with E-state index in [1.165, 1.54) is 57.8 Å². The van der Waals surface area contributed by atoms with Crippen molar-refractivity contribution in [3.05, 3.63) is 29.8 Å². The highest BCUT2D eigenvalue weighted by atomic mass is 32.2. The number of benzene rings is 1. The second-order valence-electron chi connectivity index (χ2n) is 11.7. The molecular weight excluding hydrogens is 516 g/mol. The quantitative estimate of drug-likeness (QED) is 0.104. The lowest BCUT2D eigenvalue weighted by Crippen LogP contribution is -2.33. The number of rotatable bonds is 18. The van der Waals surface area contributed by atoms with Crippen molar-refractivity contribution in [2.45, 2.75) is 159 Å². The van der Waals surface area contributed by atoms with Crippen LogP contribution in [-0.2, 0) is 33.3 Å². The highest BCUT2D eigenvalue weighted by molar-refractivity contribution is 7.86. The van der Waals surface area contributed by atoms with Gasteiger partial charge in [0.15, 0.2) is 5.79 Å². The zero-order chi connectivity index (χ0) is 28.3. The highest BCUT2D eigenvalue weighted by Gasteiger charge is 2.42. The van der Waals surface area contributed by atoms with Gasteiger partial charge in [0.1, 0.15) is 12.2 Å². The van der Waals surface area contributed by atoms with Gasteiger partial charge in [-0.25, -0.2) is 0 Å². The maximum absolute atomic E-state index is 13.1. The van der Waals surface area contributed by atoms with E-state index in [9.17, 15) is 13.2 Å². The van der Waals surface area contributed by atoms with Gasteiger partial charge >= 0.3 is 5.97 Å². The SMILES string of the molecule is CCCCCCCCCCCC[C@H]1OC(C)(C)O[C@@H]1CC[C@@H](OS(=O)(=O)c1ccc(C)cc1)[C@H]1CCC(=O)O1. The smallest absolute Gasteiger partial charge is 0.306 e. The maximum Gasteiger partial charge on any atom is 0.306 e. The largest absolute Gasteiger partial charge is 0.460 e. The van der Waals surface area contributed by atoms with Crippen molar-refractivity contribution in [1.29, 1.82) is 0 Å². The fraction of sp³-hybridized carbons (Fsp3) is 0.774. The molecule has 39 heavy (non-hydrogen) atoms. The summed E-state index contributed by atoms with van der Waals surface area (Å²) in [6, 6.07) is 6.57. The van der Waals surface area contributed by atoms with Gasteiger partial charge < -0.3 is 14.2 Å². The Labute approximate surface area is 236 Å². The van der Waals surface area contributed by atoms with Gasteiger partial charge in [-0.3, -0.25) is 8.98 Å². The van der Waals surface area contributed by atoms with E-state index in [2.05, 4.69) is 6.92 Å². The molecule has 0 aromatic heterocycles. The van der Waals surface area contributed by atoms with Crippen LogP contribution in [0.2, 0.25) is 0 Å². The van der Waals surface area contributed by atoms with Gasteiger partial charge in [-0.1, -0.05) is 88.8 Å². The average Bonchev–Trinajstić information content (AvgIpc) is 3.44. The predicted molar refractivity (Wildman–Crippen MR) is 152 cm³/mol. The summed E-state index contributed by atoms with van der Waals surface area (Å²) < 4.78 is 49.7. The molecule has 0 N–H and O–H groups in total. The fourth-order valence-electron chi connectivity index (χ4n) is 5.59. The molecule has 1 aromatic rings. The molecule has 0 bridgehead atoms. The standard InChI is InChI=1S/C31H50O7S/c1-5-6-7-8-9-10-11-12-13-14-15-27-28(37-31(3,4)36-27)20-21-29(26-22-23-30(32)35-26)38-39(33,34)25-18-16-24(2)17-19-25/h16-19,26-29H,5-15,20-23H2,1-4H3/t26-,27-,28-,29-/m1/s1. The first-order valence-corrected chi connectivity index (χ1v) is 16.6. The number of hydrogen-bond acceptors (Lipinski definition) is 7. The number of carbonyl (C=O) groups excluding carboxylic acids is 1. The molecule has 0 unspecified atom stereocenters. The van der Waals surface area contributed by atoms with Crippen LogP contribution in [0.4, 0.5) is 0 Å². The molecule has 1 aromatic carbocycles. The number of esters is 1. The van der Waals surface area contributed by atoms with E-state index in [4.69, 9.17) is 18.4 Å². The number of cyclic esters (lactones) is 1. The number of unbranched alkanes of at least 4 members (excludes halogenated alkanes) is 9. The second kappa shape index (κ2) is 15.5. The van der Waals surface area contributed by atoms with Crippen molar-refractivity contribution in [3.8, 4) is 0 Å². The summed E-state index contributed by atoms with van der Waals surface area (Å²) in [4.78, 5) is 11.9. The fourth-order valence-corrected chi connectivity index (χ4v) is 6.71. The Hall–Kier alpha value is -1.48. The minimum absolute atomic E-state index is 0.0467. The molecule has 3 rings (SSSR count). The molecule has 0 aliphatic carbocycles. The van der Waals surface area contributed by atoms with Crippen molar-refractivity contribution in [2.24, 2.45) is 0 Å². The van der Waals surface area contributed by atoms with Crippen LogP contribution in [0, 0.1) is 6.92 Å². The van der Waals surface area contributed by atoms with E-state index in [0.717, 1.165) is 18.4 Å². The van der Waals surface area contributed by atoms with Crippen LogP contribution in [0.15, 0.2) is 29.2 Å². The third-order valence-electron chi connectivity index (χ3n) is 7.75. The molecule has 2 heterocycles. The number of carbonyl (C=O) groups is 1. The van der Waals surface area contributed by atoms with Gasteiger partial charge in [-0.2, -0.15) is 8.42 Å². The predicted octanol–water partition coefficient (Wildman–Crippen LogP) is 7.39. The molecule has 0 amide bonds. The van der Waals surface area contributed by atoms with Crippen LogP contribution in [0.3, 0.4) is 0 Å². The van der Waals surface area contributed by atoms with Gasteiger partial charge in [-0.15, -0.1) is 0 Å². The topological polar surface area (TPSA) is 88.1 Å². The Morgan fingerprint density at radius 3 is 2.03 bits per heavy atom. The van der Waals surface area contributed by atoms with Crippen molar-refractivity contribution >= 4 is 16.1 Å². The molecule has 0 spiro atoms. The van der Waals surface area contributed by atoms with Crippen LogP contribution < -0.4 is 0 Å². The van der Waals surface area contributed by atoms with Crippen LogP contribution >= 0.6 is 0 Å². The monoisotopic (exact) mass is 566 g/mol. The van der Waals surface area contributed by atoms with E-state index in [0.29, 0.717) is 19.3 Å². The molecule has 2 fully saturated rings. The van der Waals surface area contributed by atoms with Gasteiger partial charge in [0.05, 0.1) is 17.1 Å². The van der Waals surface area contributed by atoms with E-state index in [1.54, 1.807) is 24.3 Å². The van der Waals surface area contributed by atoms with Crippen molar-refractivity contribution in [1.82, 2.24) is 0 Å². The van der Waals surface area contributed by atoms with Crippen molar-refractivity contribution in [3.63, 3.8) is 0 Å². The normalized spacial score (nSPS) is 23.7. The summed E-state index contributed by atoms with van der Waals surface area (Å²) >= 11 is 0. The van der Waals surface area contributed by atoms with Gasteiger partial charge in [0, 0.05) is 6.42 Å². The molecule has 0 radical (unpaired) electrons. The summed E-state index contributed by atoms with van der Waals surface area (Å²) in [5, 5.41) is 0. The number of ether oxygens (including phenoxy) is 3. The van der Waals surface area contributed by atoms with Gasteiger partial charge in [-0.05, 0) is 58.6 Å². The van der Waals surface area contributed by atoms with Gasteiger partial charge in [0.2, 0.25) is 0 Å². The van der Waals surface area contributed by atoms with Crippen molar-refractivity contribution in [2.75, 3.05) is 0 Å². The van der Waals surface area contributed by atoms with E-state index in [-0.39, 0.29) is 29.5 Å². The van der Waals surface area contributed by atoms with E-state index in [1.807, 2.05) is 20.8 Å². The molecule has 222 valence electrons. The summed E-state index contributed by atoms with van der Waals surface area (Å²) in [7, 11) is -4.01. The number of aryl methyl sites for hydroxylation is 1. The van der Waals surface area contributed by atoms with Crippen LogP contribution in [0.1, 0.15) is 123 Å². The average molecular weight is 567 g/mol. The molecule has 2 aliphatic heterocycles. The lowest BCUT2D eigenvalue weighted by atomic mass is 9.98. The lowest BCUT2D eigenvalue weighted by molar-refractivity contribution is -0.148. The first kappa shape index (κ1) is 32.0. The Bertz CT molecular complexity index is 973. The third kappa shape index (κ3) is 10.8. The van der Waals surface area contributed by atoms with Crippen LogP contribution in [-0.4, -0.2) is 44.6 Å². The zero-order valence-electron chi connectivity index (χ0n) is 24.5. The molecular formula is C31H50O7S. The van der Waals surface area contributed by atoms with Gasteiger partial charge in [0.25, 0.3) is 10.1 Å². The third-order valence-corrected chi connectivity index (χ3v) is 9.10. The zero-order valence-corrected chi connectivity index (χ0v) is 25.3. The summed E-state index contributed by atoms with van der Waals surface area (Å²) in [5.41, 5.74) is 0.963. The summed E-state index contributed by atoms with van der Waals surface area (Å²) in [5.74, 6) is -1.00. The first-order chi connectivity index (χ1) is 18.6. The maximum atomic E-state index is 13.1. The number of hydrogen-bond donors (Lipinski definition) is 0. The Kier molecular flexibility index (Phi) is 12.7. The Morgan fingerprint density at radius 2 is 1.46 bits per heavy atom. The van der Waals surface area contributed by atoms with E-state index >= 15 is 0 Å². The molecule has 7 nitrogen and oxygen atoms in total. The Morgan fingerprint density at radius 1 is 0.897 bits per heavy atom. The second-order valence-corrected chi connectivity index (χ2v) is 13.3. The molecule has 4 atom stereocenters. The summed E-state index contributed by atoms with van der Waals surface area (Å²) in [6.07, 6.45) is 13.8. The molecule has 8 heteroatoms. The highest BCUT2D eigenvalue weighted by Crippen LogP contribution is 2.35. The molecule has 2 aliphatic rings. The first-order valence-electron chi connectivity index (χ1n) is 15.1. The minimum atomic E-state index is -4.01. The van der Waals surface area contributed by atoms with Crippen LogP contribution in [0.25, 0.3) is 0 Å². The minimum Gasteiger partial charge on any atom is -0.460 e. The summed E-state index contributed by atoms with van der Waals surface area (Å²) in [6.45, 7) is 8.00. The van der Waals surface area contributed by atoms with Crippen LogP contribution in [0.5, 0.6) is 0 Å². The molecule has 0 saturated carbocycles. The van der Waals surface area contributed by atoms with E-state index < -0.39 is 28.1 Å². The Balaban J connectivity index is 1.51. The lowest BCUT2D eigenvalue weighted by Gasteiger charge is -2.25. The van der Waals surface area contributed by atoms with Crippen molar-refractivity contribution < 1.29 is 31.6 Å².